The number of aliphatic carboxylic acids is 1. The molecule has 0 saturated carbocycles. The Morgan fingerprint density at radius 3 is 2.51 bits per heavy atom. The minimum atomic E-state index is -1.17. The SMILES string of the molecule is Cc1cc2nc(-c3ncc4c(n3)c(C)nn4C)sc2c(-c2ccc(Cl)cc2)c1C(OC(C)(C)C)C(=O)O. The third-order valence-electron chi connectivity index (χ3n) is 5.97. The van der Waals surface area contributed by atoms with Gasteiger partial charge in [-0.1, -0.05) is 23.7 Å². The van der Waals surface area contributed by atoms with Crippen molar-refractivity contribution in [2.45, 2.75) is 46.3 Å². The van der Waals surface area contributed by atoms with E-state index in [1.807, 2.05) is 59.9 Å². The maximum atomic E-state index is 12.5. The van der Waals surface area contributed by atoms with Gasteiger partial charge in [-0.25, -0.2) is 19.7 Å². The average molecular weight is 536 g/mol. The molecule has 10 heteroatoms. The van der Waals surface area contributed by atoms with E-state index >= 15 is 0 Å². The highest BCUT2D eigenvalue weighted by Crippen LogP contribution is 2.44. The van der Waals surface area contributed by atoms with Gasteiger partial charge in [-0.2, -0.15) is 5.10 Å². The summed E-state index contributed by atoms with van der Waals surface area (Å²) in [5.74, 6) is -0.565. The molecule has 2 aromatic carbocycles. The van der Waals surface area contributed by atoms with E-state index in [0.29, 0.717) is 21.4 Å². The van der Waals surface area contributed by atoms with Gasteiger partial charge in [-0.05, 0) is 63.9 Å². The molecule has 37 heavy (non-hydrogen) atoms. The largest absolute Gasteiger partial charge is 0.479 e. The Balaban J connectivity index is 1.78. The number of thiazole rings is 1. The van der Waals surface area contributed by atoms with Crippen LogP contribution in [0, 0.1) is 13.8 Å². The van der Waals surface area contributed by atoms with Crippen LogP contribution in [-0.2, 0) is 16.6 Å². The van der Waals surface area contributed by atoms with Crippen molar-refractivity contribution < 1.29 is 14.6 Å². The van der Waals surface area contributed by atoms with E-state index in [4.69, 9.17) is 26.3 Å². The van der Waals surface area contributed by atoms with Crippen LogP contribution < -0.4 is 0 Å². The van der Waals surface area contributed by atoms with Gasteiger partial charge in [0, 0.05) is 23.2 Å². The molecular weight excluding hydrogens is 510 g/mol. The molecule has 0 bridgehead atoms. The zero-order valence-electron chi connectivity index (χ0n) is 21.3. The Hall–Kier alpha value is -3.40. The minimum Gasteiger partial charge on any atom is -0.479 e. The number of hydrogen-bond acceptors (Lipinski definition) is 7. The van der Waals surface area contributed by atoms with Crippen molar-refractivity contribution in [3.63, 3.8) is 0 Å². The second kappa shape index (κ2) is 9.16. The molecule has 0 fully saturated rings. The fourth-order valence-corrected chi connectivity index (χ4v) is 5.63. The first kappa shape index (κ1) is 25.3. The van der Waals surface area contributed by atoms with E-state index < -0.39 is 17.7 Å². The van der Waals surface area contributed by atoms with Gasteiger partial charge < -0.3 is 9.84 Å². The Bertz CT molecular complexity index is 1670. The van der Waals surface area contributed by atoms with Crippen LogP contribution in [0.5, 0.6) is 0 Å². The zero-order valence-corrected chi connectivity index (χ0v) is 22.9. The van der Waals surface area contributed by atoms with Crippen LogP contribution >= 0.6 is 22.9 Å². The lowest BCUT2D eigenvalue weighted by Crippen LogP contribution is -2.28. The maximum Gasteiger partial charge on any atom is 0.337 e. The monoisotopic (exact) mass is 535 g/mol. The third kappa shape index (κ3) is 4.70. The summed E-state index contributed by atoms with van der Waals surface area (Å²) in [4.78, 5) is 26.7. The number of halogens is 1. The van der Waals surface area contributed by atoms with Crippen molar-refractivity contribution in [2.75, 3.05) is 0 Å². The summed E-state index contributed by atoms with van der Waals surface area (Å²) >= 11 is 7.61. The number of benzene rings is 2. The molecule has 190 valence electrons. The number of hydrogen-bond donors (Lipinski definition) is 1. The molecule has 5 aromatic rings. The molecule has 3 heterocycles. The van der Waals surface area contributed by atoms with E-state index in [2.05, 4.69) is 10.1 Å². The van der Waals surface area contributed by atoms with Gasteiger partial charge in [-0.3, -0.25) is 4.68 Å². The second-order valence-electron chi connectivity index (χ2n) is 9.94. The molecule has 0 aliphatic rings. The smallest absolute Gasteiger partial charge is 0.337 e. The summed E-state index contributed by atoms with van der Waals surface area (Å²) in [5.41, 5.74) is 5.42. The molecule has 0 saturated heterocycles. The molecule has 8 nitrogen and oxygen atoms in total. The van der Waals surface area contributed by atoms with Crippen LogP contribution in [0.2, 0.25) is 5.02 Å². The lowest BCUT2D eigenvalue weighted by atomic mass is 9.91. The standard InChI is InChI=1S/C27H26ClN5O3S/c1-13-11-17-23(37-25(30-17)24-29-12-18-21(31-24)14(2)32-33(18)6)20(15-7-9-16(28)10-8-15)19(13)22(26(34)35)36-27(3,4)5/h7-12,22H,1-6H3,(H,34,35). The van der Waals surface area contributed by atoms with Gasteiger partial charge in [0.15, 0.2) is 16.9 Å². The molecule has 0 radical (unpaired) electrons. The number of carboxylic acid groups (broad SMARTS) is 1. The number of ether oxygens (including phenoxy) is 1. The van der Waals surface area contributed by atoms with E-state index in [0.717, 1.165) is 43.6 Å². The zero-order chi connectivity index (χ0) is 26.6. The maximum absolute atomic E-state index is 12.5. The van der Waals surface area contributed by atoms with Crippen molar-refractivity contribution >= 4 is 50.2 Å². The number of aryl methyl sites for hydroxylation is 3. The summed E-state index contributed by atoms with van der Waals surface area (Å²) in [5, 5.41) is 15.9. The van der Waals surface area contributed by atoms with Crippen molar-refractivity contribution in [1.82, 2.24) is 24.7 Å². The van der Waals surface area contributed by atoms with Crippen LogP contribution in [0.3, 0.4) is 0 Å². The first-order chi connectivity index (χ1) is 17.4. The van der Waals surface area contributed by atoms with Crippen LogP contribution in [0.4, 0.5) is 0 Å². The normalized spacial score (nSPS) is 12.9. The Morgan fingerprint density at radius 1 is 1.16 bits per heavy atom. The van der Waals surface area contributed by atoms with Crippen molar-refractivity contribution in [2.24, 2.45) is 7.05 Å². The number of nitrogens with zero attached hydrogens (tertiary/aromatic N) is 5. The number of rotatable bonds is 5. The van der Waals surface area contributed by atoms with Crippen LogP contribution in [-0.4, -0.2) is 41.4 Å². The Labute approximate surface area is 222 Å². The Morgan fingerprint density at radius 2 is 1.86 bits per heavy atom. The third-order valence-corrected chi connectivity index (χ3v) is 7.31. The first-order valence-electron chi connectivity index (χ1n) is 11.7. The quantitative estimate of drug-likeness (QED) is 0.273. The molecular formula is C27H26ClN5O3S. The molecule has 0 amide bonds. The molecule has 1 atom stereocenters. The molecule has 0 spiro atoms. The summed E-state index contributed by atoms with van der Waals surface area (Å²) in [6.07, 6.45) is 0.573. The van der Waals surface area contributed by atoms with Gasteiger partial charge in [0.2, 0.25) is 0 Å². The molecule has 1 unspecified atom stereocenters. The number of carboxylic acids is 1. The predicted molar refractivity (Wildman–Crippen MR) is 146 cm³/mol. The van der Waals surface area contributed by atoms with Gasteiger partial charge in [-0.15, -0.1) is 11.3 Å². The van der Waals surface area contributed by atoms with Gasteiger partial charge >= 0.3 is 5.97 Å². The van der Waals surface area contributed by atoms with Crippen molar-refractivity contribution in [3.05, 3.63) is 58.4 Å². The molecule has 0 aliphatic carbocycles. The summed E-state index contributed by atoms with van der Waals surface area (Å²) < 4.78 is 8.66. The molecule has 3 aromatic heterocycles. The highest BCUT2D eigenvalue weighted by atomic mass is 35.5. The van der Waals surface area contributed by atoms with Crippen LogP contribution in [0.1, 0.15) is 43.7 Å². The fraction of sp³-hybridized carbons (Fsp3) is 0.296. The lowest BCUT2D eigenvalue weighted by Gasteiger charge is -2.28. The van der Waals surface area contributed by atoms with Gasteiger partial charge in [0.05, 0.1) is 27.7 Å². The number of carbonyl (C=O) groups is 1. The average Bonchev–Trinajstić information content (AvgIpc) is 3.37. The fourth-order valence-electron chi connectivity index (χ4n) is 4.44. The van der Waals surface area contributed by atoms with E-state index in [1.165, 1.54) is 11.3 Å². The predicted octanol–water partition coefficient (Wildman–Crippen LogP) is 6.52. The van der Waals surface area contributed by atoms with Crippen LogP contribution in [0.15, 0.2) is 36.5 Å². The molecule has 5 rings (SSSR count). The van der Waals surface area contributed by atoms with E-state index in [-0.39, 0.29) is 0 Å². The van der Waals surface area contributed by atoms with Gasteiger partial charge in [0.1, 0.15) is 11.0 Å². The van der Waals surface area contributed by atoms with E-state index in [9.17, 15) is 9.90 Å². The highest BCUT2D eigenvalue weighted by molar-refractivity contribution is 7.22. The lowest BCUT2D eigenvalue weighted by molar-refractivity contribution is -0.160. The first-order valence-corrected chi connectivity index (χ1v) is 12.9. The number of fused-ring (bicyclic) bond motifs is 2. The van der Waals surface area contributed by atoms with Crippen molar-refractivity contribution in [3.8, 4) is 22.0 Å². The minimum absolute atomic E-state index is 0.492. The van der Waals surface area contributed by atoms with Crippen LogP contribution in [0.25, 0.3) is 43.2 Å². The van der Waals surface area contributed by atoms with Crippen molar-refractivity contribution in [1.29, 1.82) is 0 Å². The summed E-state index contributed by atoms with van der Waals surface area (Å²) in [7, 11) is 1.86. The summed E-state index contributed by atoms with van der Waals surface area (Å²) in [6.45, 7) is 9.33. The second-order valence-corrected chi connectivity index (χ2v) is 11.4. The molecule has 1 N–H and O–H groups in total. The topological polar surface area (TPSA) is 103 Å². The highest BCUT2D eigenvalue weighted by Gasteiger charge is 2.32. The molecule has 0 aliphatic heterocycles. The number of aromatic nitrogens is 5. The van der Waals surface area contributed by atoms with Gasteiger partial charge in [0.25, 0.3) is 0 Å². The van der Waals surface area contributed by atoms with E-state index in [1.54, 1.807) is 23.0 Å². The summed E-state index contributed by atoms with van der Waals surface area (Å²) in [6, 6.07) is 9.26. The Kier molecular flexibility index (Phi) is 6.26.